The van der Waals surface area contributed by atoms with Gasteiger partial charge in [0.1, 0.15) is 30.9 Å². The summed E-state index contributed by atoms with van der Waals surface area (Å²) in [7, 11) is -31.3. The second-order valence-corrected chi connectivity index (χ2v) is 24.1. The second kappa shape index (κ2) is 18.7. The van der Waals surface area contributed by atoms with E-state index in [2.05, 4.69) is 10.3 Å². The van der Waals surface area contributed by atoms with E-state index in [1.807, 2.05) is 0 Å². The number of amides is 1. The van der Waals surface area contributed by atoms with E-state index in [9.17, 15) is 92.5 Å². The number of benzene rings is 5. The molecule has 31 heteroatoms. The molecule has 4 aromatic rings. The SMILES string of the molecule is O=C(O)C1CCN(C(=O)c2ccccc2-c2c3cc(S(=O)(=O)O)/c(=N/Cc4ccc(S(=O)(=O)O)cc4S(=O)(=O)O)cc-3oc3cc(NCc4ccc(S(=O)(=O)O)cc4S(=O)(=O)O)c(S(=O)(=O)O)cc23)CC1. The average molecular weight is 1100 g/mol. The van der Waals surface area contributed by atoms with Crippen LogP contribution in [0.5, 0.6) is 0 Å². The first kappa shape index (κ1) is 52.6. The highest BCUT2D eigenvalue weighted by Crippen LogP contribution is 2.44. The van der Waals surface area contributed by atoms with Crippen molar-refractivity contribution in [2.45, 2.75) is 55.3 Å². The number of piperidine rings is 1. The number of fused-ring (bicyclic) bond motifs is 2. The Kier molecular flexibility index (Phi) is 13.9. The molecule has 0 unspecified atom stereocenters. The molecular formula is C40H35N3O22S6. The Morgan fingerprint density at radius 2 is 1.14 bits per heavy atom. The largest absolute Gasteiger partial charge is 0.481 e. The molecule has 3 aliphatic rings. The van der Waals surface area contributed by atoms with Crippen LogP contribution in [0.2, 0.25) is 0 Å². The predicted octanol–water partition coefficient (Wildman–Crippen LogP) is 3.33. The first-order chi connectivity index (χ1) is 32.7. The van der Waals surface area contributed by atoms with Gasteiger partial charge in [0.25, 0.3) is 66.6 Å². The Balaban J connectivity index is 1.52. The zero-order valence-electron chi connectivity index (χ0n) is 35.5. The van der Waals surface area contributed by atoms with Crippen molar-refractivity contribution in [2.24, 2.45) is 10.9 Å². The maximum atomic E-state index is 14.3. The minimum Gasteiger partial charge on any atom is -0.481 e. The van der Waals surface area contributed by atoms with Crippen molar-refractivity contribution in [3.8, 4) is 22.5 Å². The van der Waals surface area contributed by atoms with E-state index in [1.165, 1.54) is 29.2 Å². The molecule has 8 N–H and O–H groups in total. The van der Waals surface area contributed by atoms with Gasteiger partial charge in [0.05, 0.1) is 33.3 Å². The highest BCUT2D eigenvalue weighted by molar-refractivity contribution is 7.87. The predicted molar refractivity (Wildman–Crippen MR) is 243 cm³/mol. The van der Waals surface area contributed by atoms with Crippen LogP contribution in [0.1, 0.15) is 34.3 Å². The Bertz CT molecular complexity index is 3980. The molecule has 4 aromatic carbocycles. The Morgan fingerprint density at radius 1 is 0.606 bits per heavy atom. The number of carbonyl (C=O) groups excluding carboxylic acids is 1. The zero-order chi connectivity index (χ0) is 52.4. The van der Waals surface area contributed by atoms with Gasteiger partial charge < -0.3 is 19.7 Å². The lowest BCUT2D eigenvalue weighted by Crippen LogP contribution is -2.40. The molecule has 2 aliphatic heterocycles. The van der Waals surface area contributed by atoms with E-state index >= 15 is 0 Å². The second-order valence-electron chi connectivity index (χ2n) is 15.6. The average Bonchev–Trinajstić information content (AvgIpc) is 3.26. The third-order valence-corrected chi connectivity index (χ3v) is 16.5. The summed E-state index contributed by atoms with van der Waals surface area (Å²) in [6.07, 6.45) is 0.146. The summed E-state index contributed by atoms with van der Waals surface area (Å²) in [5, 5.41) is 11.1. The first-order valence-electron chi connectivity index (χ1n) is 19.8. The standard InChI is InChI=1S/C40H35N3O22S6/c44-39(43-11-9-21(10-12-43)40(45)46)27-4-2-1-3-26(27)38-28-15-36(70(59,60)61)30(41-19-22-5-7-24(66(47,48)49)13-34(22)68(53,54)55)17-32(28)65-33-18-31(37(16-29(33)38)71(62,63)64)42-20-23-6-8-25(67(50,51)52)14-35(23)69(56,57)58/h1-8,13-18,21,41H,9-12,19-20H2,(H,45,46)(H,47,48,49)(H,50,51,52)(H,53,54,55)(H,56,57,58)(H,59,60,61)(H,62,63,64)/b42-31+. The highest BCUT2D eigenvalue weighted by Gasteiger charge is 2.32. The molecule has 2 heterocycles. The van der Waals surface area contributed by atoms with Crippen molar-refractivity contribution in [3.63, 3.8) is 0 Å². The molecule has 0 bridgehead atoms. The summed E-state index contributed by atoms with van der Waals surface area (Å²) in [4.78, 5) is 25.4. The molecule has 0 radical (unpaired) electrons. The van der Waals surface area contributed by atoms with E-state index < -0.39 is 143 Å². The molecule has 25 nitrogen and oxygen atoms in total. The number of hydrogen-bond acceptors (Lipinski definition) is 17. The van der Waals surface area contributed by atoms with Gasteiger partial charge in [0.2, 0.25) is 0 Å². The van der Waals surface area contributed by atoms with Crippen LogP contribution in [0.3, 0.4) is 0 Å². The highest BCUT2D eigenvalue weighted by atomic mass is 32.2. The van der Waals surface area contributed by atoms with Gasteiger partial charge in [-0.3, -0.25) is 41.9 Å². The van der Waals surface area contributed by atoms with Crippen molar-refractivity contribution in [1.29, 1.82) is 0 Å². The fourth-order valence-electron chi connectivity index (χ4n) is 7.80. The number of hydrogen-bond donors (Lipinski definition) is 8. The number of anilines is 1. The number of nitrogens with zero attached hydrogens (tertiary/aromatic N) is 2. The summed E-state index contributed by atoms with van der Waals surface area (Å²) in [6.45, 7) is -1.69. The lowest BCUT2D eigenvalue weighted by Gasteiger charge is -2.31. The number of rotatable bonds is 14. The van der Waals surface area contributed by atoms with Crippen LogP contribution in [0.15, 0.2) is 124 Å². The normalized spacial score (nSPS) is 14.8. The minimum atomic E-state index is -5.39. The number of carboxylic acids is 1. The summed E-state index contributed by atoms with van der Waals surface area (Å²) in [5.74, 6) is -2.88. The van der Waals surface area contributed by atoms with Crippen molar-refractivity contribution in [1.82, 2.24) is 4.90 Å². The monoisotopic (exact) mass is 1100 g/mol. The molecule has 1 saturated heterocycles. The molecule has 1 fully saturated rings. The molecule has 71 heavy (non-hydrogen) atoms. The molecule has 0 spiro atoms. The zero-order valence-corrected chi connectivity index (χ0v) is 40.4. The van der Waals surface area contributed by atoms with Crippen molar-refractivity contribution >= 4 is 89.2 Å². The topological polar surface area (TPSA) is 421 Å². The lowest BCUT2D eigenvalue weighted by molar-refractivity contribution is -0.143. The maximum absolute atomic E-state index is 14.3. The van der Waals surface area contributed by atoms with Gasteiger partial charge in [-0.2, -0.15) is 50.5 Å². The number of likely N-dealkylation sites (tertiary alicyclic amines) is 1. The maximum Gasteiger partial charge on any atom is 0.306 e. The van der Waals surface area contributed by atoms with Crippen LogP contribution in [0.25, 0.3) is 33.4 Å². The van der Waals surface area contributed by atoms with Crippen LogP contribution in [-0.4, -0.2) is 113 Å². The molecule has 1 amide bonds. The van der Waals surface area contributed by atoms with E-state index in [-0.39, 0.29) is 64.9 Å². The summed E-state index contributed by atoms with van der Waals surface area (Å²) in [6, 6.07) is 13.0. The number of carbonyl (C=O) groups is 2. The van der Waals surface area contributed by atoms with Crippen LogP contribution in [0.4, 0.5) is 5.69 Å². The van der Waals surface area contributed by atoms with E-state index in [4.69, 9.17) is 4.42 Å². The van der Waals surface area contributed by atoms with Crippen LogP contribution < -0.4 is 10.7 Å². The summed E-state index contributed by atoms with van der Waals surface area (Å²) >= 11 is 0. The van der Waals surface area contributed by atoms with Crippen molar-refractivity contribution < 1.29 is 96.9 Å². The lowest BCUT2D eigenvalue weighted by atomic mass is 9.89. The third-order valence-electron chi connectivity index (χ3n) is 11.1. The van der Waals surface area contributed by atoms with Crippen LogP contribution >= 0.6 is 0 Å². The van der Waals surface area contributed by atoms with Gasteiger partial charge in [-0.25, -0.2) is 0 Å². The molecule has 1 aliphatic carbocycles. The van der Waals surface area contributed by atoms with Gasteiger partial charge in [0, 0.05) is 53.8 Å². The number of aliphatic carboxylic acids is 1. The molecule has 0 saturated carbocycles. The quantitative estimate of drug-likeness (QED) is 0.0572. The van der Waals surface area contributed by atoms with Gasteiger partial charge >= 0.3 is 5.97 Å². The fourth-order valence-corrected chi connectivity index (χ4v) is 11.8. The molecule has 0 aromatic heterocycles. The Morgan fingerprint density at radius 3 is 1.68 bits per heavy atom. The van der Waals surface area contributed by atoms with Crippen LogP contribution in [-0.2, 0) is 78.6 Å². The molecule has 7 rings (SSSR count). The number of carboxylic acid groups (broad SMARTS) is 1. The van der Waals surface area contributed by atoms with Crippen LogP contribution in [0, 0.1) is 5.92 Å². The third kappa shape index (κ3) is 11.3. The van der Waals surface area contributed by atoms with E-state index in [0.29, 0.717) is 12.1 Å². The number of nitrogens with one attached hydrogen (secondary N) is 1. The molecular weight excluding hydrogens is 1070 g/mol. The Labute approximate surface area is 402 Å². The molecule has 378 valence electrons. The van der Waals surface area contributed by atoms with Gasteiger partial charge in [-0.1, -0.05) is 30.3 Å². The first-order valence-corrected chi connectivity index (χ1v) is 28.4. The van der Waals surface area contributed by atoms with Gasteiger partial charge in [-0.05, 0) is 72.0 Å². The summed E-state index contributed by atoms with van der Waals surface area (Å²) < 4.78 is 215. The van der Waals surface area contributed by atoms with Gasteiger partial charge in [-0.15, -0.1) is 0 Å². The summed E-state index contributed by atoms with van der Waals surface area (Å²) in [5.41, 5.74) is -2.49. The van der Waals surface area contributed by atoms with E-state index in [1.54, 1.807) is 0 Å². The van der Waals surface area contributed by atoms with Crippen molar-refractivity contribution in [3.05, 3.63) is 107 Å². The fraction of sp³-hybridized carbons (Fsp3) is 0.175. The van der Waals surface area contributed by atoms with Crippen molar-refractivity contribution in [2.75, 3.05) is 18.4 Å². The smallest absolute Gasteiger partial charge is 0.306 e. The van der Waals surface area contributed by atoms with Gasteiger partial charge in [0.15, 0.2) is 0 Å². The Hall–Kier alpha value is -6.23. The van der Waals surface area contributed by atoms with E-state index in [0.717, 1.165) is 48.5 Å². The minimum absolute atomic E-state index is 0.0227. The molecule has 0 atom stereocenters.